The third-order valence-corrected chi connectivity index (χ3v) is 6.82. The van der Waals surface area contributed by atoms with Crippen molar-refractivity contribution in [3.63, 3.8) is 0 Å². The van der Waals surface area contributed by atoms with E-state index in [9.17, 15) is 14.4 Å². The zero-order valence-electron chi connectivity index (χ0n) is 16.8. The van der Waals surface area contributed by atoms with E-state index in [1.54, 1.807) is 0 Å². The topological polar surface area (TPSA) is 75.3 Å². The Bertz CT molecular complexity index is 900. The summed E-state index contributed by atoms with van der Waals surface area (Å²) < 4.78 is 0. The first kappa shape index (κ1) is 19.4. The van der Waals surface area contributed by atoms with Gasteiger partial charge in [-0.1, -0.05) is 74.5 Å². The van der Waals surface area contributed by atoms with E-state index in [0.717, 1.165) is 17.5 Å². The lowest BCUT2D eigenvalue weighted by molar-refractivity contribution is -0.146. The summed E-state index contributed by atoms with van der Waals surface area (Å²) >= 11 is 0. The molecule has 2 aliphatic carbocycles. The fourth-order valence-electron chi connectivity index (χ4n) is 5.08. The van der Waals surface area contributed by atoms with Crippen molar-refractivity contribution < 1.29 is 14.4 Å². The lowest BCUT2D eigenvalue weighted by Crippen LogP contribution is -2.53. The van der Waals surface area contributed by atoms with Gasteiger partial charge in [-0.25, -0.2) is 0 Å². The summed E-state index contributed by atoms with van der Waals surface area (Å²) in [5.74, 6) is -1.04. The molecule has 2 bridgehead atoms. The molecule has 4 rings (SSSR count). The number of fused-ring (bicyclic) bond motifs is 2. The van der Waals surface area contributed by atoms with Crippen LogP contribution in [0.25, 0.3) is 0 Å². The van der Waals surface area contributed by atoms with Crippen LogP contribution >= 0.6 is 0 Å². The van der Waals surface area contributed by atoms with Gasteiger partial charge in [-0.05, 0) is 36.3 Å². The minimum absolute atomic E-state index is 0.00401. The van der Waals surface area contributed by atoms with Crippen LogP contribution in [-0.2, 0) is 14.4 Å². The number of benzene rings is 2. The van der Waals surface area contributed by atoms with Crippen molar-refractivity contribution in [3.8, 4) is 0 Å². The van der Waals surface area contributed by atoms with Crippen LogP contribution in [0.3, 0.4) is 0 Å². The first-order valence-corrected chi connectivity index (χ1v) is 10.1. The molecule has 5 heteroatoms. The maximum Gasteiger partial charge on any atom is 0.252 e. The van der Waals surface area contributed by atoms with Gasteiger partial charge in [-0.3, -0.25) is 25.2 Å². The number of carbonyl (C=O) groups is 3. The summed E-state index contributed by atoms with van der Waals surface area (Å²) in [5.41, 5.74) is 5.35. The molecule has 150 valence electrons. The molecule has 0 radical (unpaired) electrons. The summed E-state index contributed by atoms with van der Waals surface area (Å²) in [5, 5.41) is 0. The van der Waals surface area contributed by atoms with Crippen molar-refractivity contribution in [1.82, 2.24) is 10.9 Å². The van der Waals surface area contributed by atoms with Gasteiger partial charge in [-0.2, -0.15) is 0 Å². The summed E-state index contributed by atoms with van der Waals surface area (Å²) in [7, 11) is 0. The number of rotatable bonds is 4. The van der Waals surface area contributed by atoms with E-state index in [4.69, 9.17) is 0 Å². The van der Waals surface area contributed by atoms with Gasteiger partial charge < -0.3 is 0 Å². The highest BCUT2D eigenvalue weighted by Gasteiger charge is 2.65. The average molecular weight is 390 g/mol. The standard InChI is InChI=1S/C24H26N2O3/c1-23(2)18-13-14-24(15-18,21(23)28)22(29)26-25-20(27)19(16-9-5-3-6-10-16)17-11-7-4-8-12-17/h3-12,18-19H,13-15H2,1-2H3,(H,25,27)(H,26,29). The molecule has 0 saturated heterocycles. The Morgan fingerprint density at radius 1 is 0.931 bits per heavy atom. The largest absolute Gasteiger partial charge is 0.298 e. The lowest BCUT2D eigenvalue weighted by Gasteiger charge is -2.32. The second kappa shape index (κ2) is 7.14. The van der Waals surface area contributed by atoms with Crippen molar-refractivity contribution in [2.45, 2.75) is 39.0 Å². The molecular formula is C24H26N2O3. The fraction of sp³-hybridized carbons (Fsp3) is 0.375. The van der Waals surface area contributed by atoms with Gasteiger partial charge in [0.1, 0.15) is 5.41 Å². The van der Waals surface area contributed by atoms with Crippen LogP contribution in [0.4, 0.5) is 0 Å². The van der Waals surface area contributed by atoms with Gasteiger partial charge in [0.05, 0.1) is 5.92 Å². The van der Waals surface area contributed by atoms with Crippen LogP contribution in [0.5, 0.6) is 0 Å². The van der Waals surface area contributed by atoms with Gasteiger partial charge in [-0.15, -0.1) is 0 Å². The molecule has 0 aliphatic heterocycles. The SMILES string of the molecule is CC1(C)C(=O)C2(C(=O)NNC(=O)C(c3ccccc3)c3ccccc3)CCC1C2. The number of hydrogen-bond acceptors (Lipinski definition) is 3. The van der Waals surface area contributed by atoms with Gasteiger partial charge >= 0.3 is 0 Å². The second-order valence-electron chi connectivity index (χ2n) is 8.77. The van der Waals surface area contributed by atoms with Crippen LogP contribution in [0.15, 0.2) is 60.7 Å². The molecule has 2 aromatic carbocycles. The minimum Gasteiger partial charge on any atom is -0.298 e. The molecule has 2 N–H and O–H groups in total. The highest BCUT2D eigenvalue weighted by molar-refractivity contribution is 6.11. The van der Waals surface area contributed by atoms with E-state index in [1.807, 2.05) is 74.5 Å². The molecule has 2 unspecified atom stereocenters. The zero-order valence-corrected chi connectivity index (χ0v) is 16.8. The Kier molecular flexibility index (Phi) is 4.77. The van der Waals surface area contributed by atoms with Crippen LogP contribution < -0.4 is 10.9 Å². The van der Waals surface area contributed by atoms with Crippen LogP contribution in [-0.4, -0.2) is 17.6 Å². The monoisotopic (exact) mass is 390 g/mol. The normalized spacial score (nSPS) is 24.5. The van der Waals surface area contributed by atoms with Crippen LogP contribution in [0.2, 0.25) is 0 Å². The number of amides is 2. The highest BCUT2D eigenvalue weighted by Crippen LogP contribution is 2.60. The Labute approximate surface area is 170 Å². The predicted octanol–water partition coefficient (Wildman–Crippen LogP) is 3.36. The van der Waals surface area contributed by atoms with Gasteiger partial charge in [0.15, 0.2) is 5.78 Å². The first-order valence-electron chi connectivity index (χ1n) is 10.1. The Balaban J connectivity index is 1.52. The van der Waals surface area contributed by atoms with Crippen LogP contribution in [0.1, 0.15) is 50.2 Å². The molecule has 2 saturated carbocycles. The van der Waals surface area contributed by atoms with E-state index in [-0.39, 0.29) is 23.5 Å². The maximum absolute atomic E-state index is 13.1. The molecule has 2 fully saturated rings. The summed E-state index contributed by atoms with van der Waals surface area (Å²) in [6.07, 6.45) is 2.00. The van der Waals surface area contributed by atoms with Crippen molar-refractivity contribution in [1.29, 1.82) is 0 Å². The Morgan fingerprint density at radius 2 is 1.48 bits per heavy atom. The van der Waals surface area contributed by atoms with Crippen molar-refractivity contribution in [2.24, 2.45) is 16.7 Å². The first-order chi connectivity index (χ1) is 13.9. The van der Waals surface area contributed by atoms with Crippen molar-refractivity contribution in [2.75, 3.05) is 0 Å². The molecular weight excluding hydrogens is 364 g/mol. The van der Waals surface area contributed by atoms with Crippen LogP contribution in [0, 0.1) is 16.7 Å². The summed E-state index contributed by atoms with van der Waals surface area (Å²) in [6, 6.07) is 18.9. The van der Waals surface area contributed by atoms with E-state index in [1.165, 1.54) is 0 Å². The van der Waals surface area contributed by atoms with E-state index >= 15 is 0 Å². The second-order valence-corrected chi connectivity index (χ2v) is 8.77. The molecule has 2 aliphatic rings. The zero-order chi connectivity index (χ0) is 20.6. The molecule has 0 heterocycles. The van der Waals surface area contributed by atoms with E-state index in [2.05, 4.69) is 10.9 Å². The number of hydrogen-bond donors (Lipinski definition) is 2. The van der Waals surface area contributed by atoms with Gasteiger partial charge in [0, 0.05) is 5.41 Å². The van der Waals surface area contributed by atoms with Crippen molar-refractivity contribution in [3.05, 3.63) is 71.8 Å². The Morgan fingerprint density at radius 3 is 1.97 bits per heavy atom. The number of hydrazine groups is 1. The van der Waals surface area contributed by atoms with Gasteiger partial charge in [0.2, 0.25) is 5.91 Å². The Hall–Kier alpha value is -2.95. The molecule has 2 atom stereocenters. The molecule has 0 spiro atoms. The summed E-state index contributed by atoms with van der Waals surface area (Å²) in [6.45, 7) is 3.85. The molecule has 5 nitrogen and oxygen atoms in total. The van der Waals surface area contributed by atoms with Gasteiger partial charge in [0.25, 0.3) is 5.91 Å². The lowest BCUT2D eigenvalue weighted by atomic mass is 9.70. The summed E-state index contributed by atoms with van der Waals surface area (Å²) in [4.78, 5) is 38.9. The number of Topliss-reactive ketones (excluding diaryl/α,β-unsaturated/α-hetero) is 1. The molecule has 0 aromatic heterocycles. The van der Waals surface area contributed by atoms with E-state index in [0.29, 0.717) is 12.8 Å². The highest BCUT2D eigenvalue weighted by atomic mass is 16.2. The number of carbonyl (C=O) groups excluding carboxylic acids is 3. The smallest absolute Gasteiger partial charge is 0.252 e. The maximum atomic E-state index is 13.1. The molecule has 2 aromatic rings. The van der Waals surface area contributed by atoms with Crippen molar-refractivity contribution >= 4 is 17.6 Å². The van der Waals surface area contributed by atoms with E-state index < -0.39 is 16.7 Å². The third-order valence-electron chi connectivity index (χ3n) is 6.82. The molecule has 29 heavy (non-hydrogen) atoms. The number of nitrogens with one attached hydrogen (secondary N) is 2. The average Bonchev–Trinajstić information content (AvgIpc) is 3.27. The third kappa shape index (κ3) is 3.15. The predicted molar refractivity (Wildman–Crippen MR) is 110 cm³/mol. The number of ketones is 1. The minimum atomic E-state index is -1.00. The molecule has 2 amide bonds. The quantitative estimate of drug-likeness (QED) is 0.621. The fourth-order valence-corrected chi connectivity index (χ4v) is 5.08.